The summed E-state index contributed by atoms with van der Waals surface area (Å²) >= 11 is 3.18. The van der Waals surface area contributed by atoms with E-state index in [-0.39, 0.29) is 12.2 Å². The Morgan fingerprint density at radius 2 is 2.31 bits per heavy atom. The summed E-state index contributed by atoms with van der Waals surface area (Å²) in [5.41, 5.74) is 0.412. The Bertz CT molecular complexity index is 359. The van der Waals surface area contributed by atoms with E-state index < -0.39 is 5.82 Å². The van der Waals surface area contributed by atoms with Gasteiger partial charge in [-0.2, -0.15) is 5.26 Å². The summed E-state index contributed by atoms with van der Waals surface area (Å²) in [4.78, 5) is 0. The van der Waals surface area contributed by atoms with Gasteiger partial charge in [-0.05, 0) is 12.1 Å². The molecule has 0 bridgehead atoms. The quantitative estimate of drug-likeness (QED) is 0.801. The highest BCUT2D eigenvalue weighted by molar-refractivity contribution is 9.10. The Kier molecular flexibility index (Phi) is 3.40. The lowest BCUT2D eigenvalue weighted by atomic mass is 10.1. The molecule has 0 spiro atoms. The van der Waals surface area contributed by atoms with Gasteiger partial charge in [-0.25, -0.2) is 4.39 Å². The van der Waals surface area contributed by atoms with Crippen LogP contribution in [-0.2, 0) is 11.3 Å². The van der Waals surface area contributed by atoms with Crippen LogP contribution < -0.4 is 0 Å². The lowest BCUT2D eigenvalue weighted by Crippen LogP contribution is -1.96. The minimum Gasteiger partial charge on any atom is -0.380 e. The molecule has 0 aliphatic carbocycles. The lowest BCUT2D eigenvalue weighted by Gasteiger charge is -2.03. The van der Waals surface area contributed by atoms with Crippen LogP contribution in [0, 0.1) is 17.1 Å². The minimum absolute atomic E-state index is 0.0291. The first kappa shape index (κ1) is 10.2. The second-order valence-corrected chi connectivity index (χ2v) is 3.39. The first-order valence-electron chi connectivity index (χ1n) is 3.56. The van der Waals surface area contributed by atoms with E-state index in [0.717, 1.165) is 0 Å². The van der Waals surface area contributed by atoms with E-state index in [2.05, 4.69) is 15.9 Å². The molecule has 1 rings (SSSR count). The van der Waals surface area contributed by atoms with Crippen LogP contribution in [-0.4, -0.2) is 7.11 Å². The molecule has 0 aliphatic heterocycles. The third kappa shape index (κ3) is 2.27. The third-order valence-electron chi connectivity index (χ3n) is 1.53. The molecule has 68 valence electrons. The highest BCUT2D eigenvalue weighted by Gasteiger charge is 2.08. The van der Waals surface area contributed by atoms with Crippen LogP contribution in [0.15, 0.2) is 16.6 Å². The van der Waals surface area contributed by atoms with E-state index in [1.54, 1.807) is 12.1 Å². The fourth-order valence-electron chi connectivity index (χ4n) is 0.988. The molecule has 0 heterocycles. The Morgan fingerprint density at radius 3 is 2.85 bits per heavy atom. The zero-order valence-electron chi connectivity index (χ0n) is 6.97. The third-order valence-corrected chi connectivity index (χ3v) is 1.99. The molecule has 0 saturated carbocycles. The van der Waals surface area contributed by atoms with Gasteiger partial charge in [0.15, 0.2) is 0 Å². The van der Waals surface area contributed by atoms with Gasteiger partial charge in [0.25, 0.3) is 0 Å². The number of rotatable bonds is 2. The second kappa shape index (κ2) is 4.35. The van der Waals surface area contributed by atoms with Crippen LogP contribution >= 0.6 is 15.9 Å². The maximum atomic E-state index is 13.3. The van der Waals surface area contributed by atoms with Gasteiger partial charge in [0.05, 0.1) is 12.2 Å². The molecule has 1 aromatic rings. The highest BCUT2D eigenvalue weighted by atomic mass is 79.9. The van der Waals surface area contributed by atoms with E-state index in [1.165, 1.54) is 13.2 Å². The van der Waals surface area contributed by atoms with Gasteiger partial charge in [-0.1, -0.05) is 15.9 Å². The summed E-state index contributed by atoms with van der Waals surface area (Å²) < 4.78 is 18.8. The Balaban J connectivity index is 3.21. The average Bonchev–Trinajstić information content (AvgIpc) is 2.11. The number of methoxy groups -OCH3 is 1. The molecule has 1 aromatic carbocycles. The van der Waals surface area contributed by atoms with Crippen LogP contribution in [0.25, 0.3) is 0 Å². The van der Waals surface area contributed by atoms with Crippen LogP contribution in [0.3, 0.4) is 0 Å². The topological polar surface area (TPSA) is 33.0 Å². The van der Waals surface area contributed by atoms with E-state index in [1.807, 2.05) is 0 Å². The minimum atomic E-state index is -0.507. The molecule has 2 nitrogen and oxygen atoms in total. The van der Waals surface area contributed by atoms with Gasteiger partial charge in [0.1, 0.15) is 11.9 Å². The molecule has 0 unspecified atom stereocenters. The van der Waals surface area contributed by atoms with Crippen molar-refractivity contribution in [1.29, 1.82) is 5.26 Å². The molecule has 0 aromatic heterocycles. The number of hydrogen-bond donors (Lipinski definition) is 0. The number of nitriles is 1. The summed E-state index contributed by atoms with van der Waals surface area (Å²) in [6, 6.07) is 4.81. The highest BCUT2D eigenvalue weighted by Crippen LogP contribution is 2.20. The van der Waals surface area contributed by atoms with Crippen molar-refractivity contribution < 1.29 is 9.13 Å². The number of benzene rings is 1. The van der Waals surface area contributed by atoms with E-state index in [4.69, 9.17) is 10.00 Å². The van der Waals surface area contributed by atoms with Crippen molar-refractivity contribution in [2.75, 3.05) is 7.11 Å². The summed E-state index contributed by atoms with van der Waals surface area (Å²) in [7, 11) is 1.48. The number of nitrogens with zero attached hydrogens (tertiary/aromatic N) is 1. The smallest absolute Gasteiger partial charge is 0.146 e. The first-order chi connectivity index (χ1) is 6.19. The molecule has 0 aliphatic rings. The van der Waals surface area contributed by atoms with Gasteiger partial charge in [-0.15, -0.1) is 0 Å². The maximum absolute atomic E-state index is 13.3. The average molecular weight is 244 g/mol. The summed E-state index contributed by atoms with van der Waals surface area (Å²) in [6.45, 7) is 0.167. The van der Waals surface area contributed by atoms with Crippen LogP contribution in [0.1, 0.15) is 11.1 Å². The zero-order valence-corrected chi connectivity index (χ0v) is 8.56. The predicted octanol–water partition coefficient (Wildman–Crippen LogP) is 2.61. The molecule has 0 saturated heterocycles. The van der Waals surface area contributed by atoms with Gasteiger partial charge >= 0.3 is 0 Å². The summed E-state index contributed by atoms with van der Waals surface area (Å²) in [5, 5.41) is 8.58. The summed E-state index contributed by atoms with van der Waals surface area (Å²) in [6.07, 6.45) is 0. The molecule has 4 heteroatoms. The van der Waals surface area contributed by atoms with Crippen molar-refractivity contribution in [3.63, 3.8) is 0 Å². The molecule has 13 heavy (non-hydrogen) atoms. The fourth-order valence-corrected chi connectivity index (χ4v) is 1.49. The lowest BCUT2D eigenvalue weighted by molar-refractivity contribution is 0.181. The Labute approximate surface area is 84.1 Å². The Hall–Kier alpha value is -0.920. The summed E-state index contributed by atoms with van der Waals surface area (Å²) in [5.74, 6) is -0.507. The van der Waals surface area contributed by atoms with E-state index in [0.29, 0.717) is 10.0 Å². The fraction of sp³-hybridized carbons (Fsp3) is 0.222. The molecular weight excluding hydrogens is 237 g/mol. The van der Waals surface area contributed by atoms with Crippen molar-refractivity contribution in [3.8, 4) is 6.07 Å². The number of hydrogen-bond acceptors (Lipinski definition) is 2. The van der Waals surface area contributed by atoms with E-state index >= 15 is 0 Å². The molecule has 0 N–H and O–H groups in total. The first-order valence-corrected chi connectivity index (χ1v) is 4.35. The van der Waals surface area contributed by atoms with Gasteiger partial charge < -0.3 is 4.74 Å². The standard InChI is InChI=1S/C9H7BrFNO/c1-13-5-7-3-8(10)2-6(4-12)9(7)11/h2-3H,5H2,1H3. The van der Waals surface area contributed by atoms with Crippen molar-refractivity contribution >= 4 is 15.9 Å². The normalized spacial score (nSPS) is 9.69. The number of halogens is 2. The van der Waals surface area contributed by atoms with Crippen molar-refractivity contribution in [2.24, 2.45) is 0 Å². The predicted molar refractivity (Wildman–Crippen MR) is 49.5 cm³/mol. The van der Waals surface area contributed by atoms with Crippen LogP contribution in [0.5, 0.6) is 0 Å². The van der Waals surface area contributed by atoms with Gasteiger partial charge in [0.2, 0.25) is 0 Å². The largest absolute Gasteiger partial charge is 0.380 e. The van der Waals surface area contributed by atoms with Crippen molar-refractivity contribution in [3.05, 3.63) is 33.5 Å². The SMILES string of the molecule is COCc1cc(Br)cc(C#N)c1F. The second-order valence-electron chi connectivity index (χ2n) is 2.47. The number of ether oxygens (including phenoxy) is 1. The van der Waals surface area contributed by atoms with Crippen LogP contribution in [0.4, 0.5) is 4.39 Å². The van der Waals surface area contributed by atoms with Gasteiger partial charge in [0, 0.05) is 17.1 Å². The van der Waals surface area contributed by atoms with Gasteiger partial charge in [-0.3, -0.25) is 0 Å². The molecule has 0 fully saturated rings. The monoisotopic (exact) mass is 243 g/mol. The van der Waals surface area contributed by atoms with Crippen LogP contribution in [0.2, 0.25) is 0 Å². The molecule has 0 radical (unpaired) electrons. The zero-order chi connectivity index (χ0) is 9.84. The Morgan fingerprint density at radius 1 is 1.62 bits per heavy atom. The molecule has 0 amide bonds. The molecule has 0 atom stereocenters. The molecular formula is C9H7BrFNO. The van der Waals surface area contributed by atoms with Crippen molar-refractivity contribution in [2.45, 2.75) is 6.61 Å². The maximum Gasteiger partial charge on any atom is 0.146 e. The van der Waals surface area contributed by atoms with E-state index in [9.17, 15) is 4.39 Å². The van der Waals surface area contributed by atoms with Crippen molar-refractivity contribution in [1.82, 2.24) is 0 Å².